The zero-order valence-electron chi connectivity index (χ0n) is 21.3. The van der Waals surface area contributed by atoms with E-state index in [1.54, 1.807) is 10.6 Å². The number of hydrogen-bond donors (Lipinski definition) is 0. The highest BCUT2D eigenvalue weighted by atomic mass is 19.4. The Kier molecular flexibility index (Phi) is 6.74. The van der Waals surface area contributed by atoms with Crippen molar-refractivity contribution in [1.29, 1.82) is 0 Å². The van der Waals surface area contributed by atoms with E-state index in [-0.39, 0.29) is 17.9 Å². The number of imidazole rings is 1. The molecule has 0 amide bonds. The van der Waals surface area contributed by atoms with Crippen LogP contribution >= 0.6 is 0 Å². The second-order valence-electron chi connectivity index (χ2n) is 9.89. The van der Waals surface area contributed by atoms with Gasteiger partial charge in [-0.2, -0.15) is 13.2 Å². The van der Waals surface area contributed by atoms with Gasteiger partial charge in [0.25, 0.3) is 0 Å². The van der Waals surface area contributed by atoms with E-state index in [0.29, 0.717) is 48.6 Å². The Labute approximate surface area is 226 Å². The van der Waals surface area contributed by atoms with Gasteiger partial charge in [0, 0.05) is 55.2 Å². The molecule has 40 heavy (non-hydrogen) atoms. The van der Waals surface area contributed by atoms with E-state index >= 15 is 0 Å². The van der Waals surface area contributed by atoms with Crippen molar-refractivity contribution in [3.63, 3.8) is 0 Å². The van der Waals surface area contributed by atoms with Gasteiger partial charge in [-0.05, 0) is 53.5 Å². The van der Waals surface area contributed by atoms with Crippen molar-refractivity contribution in [2.24, 2.45) is 0 Å². The number of piperazine rings is 1. The summed E-state index contributed by atoms with van der Waals surface area (Å²) in [5.74, 6) is 1.11. The Morgan fingerprint density at radius 2 is 1.82 bits per heavy atom. The molecule has 1 unspecified atom stereocenters. The van der Waals surface area contributed by atoms with E-state index in [1.165, 1.54) is 12.3 Å². The molecule has 2 aromatic carbocycles. The zero-order chi connectivity index (χ0) is 27.9. The van der Waals surface area contributed by atoms with Crippen LogP contribution in [0.5, 0.6) is 11.8 Å². The molecule has 13 heteroatoms. The number of aryl methyl sites for hydroxylation is 1. The van der Waals surface area contributed by atoms with Gasteiger partial charge >= 0.3 is 18.0 Å². The monoisotopic (exact) mass is 557 g/mol. The second kappa shape index (κ2) is 10.4. The van der Waals surface area contributed by atoms with Crippen molar-refractivity contribution in [2.45, 2.75) is 31.8 Å². The average molecular weight is 558 g/mol. The van der Waals surface area contributed by atoms with Crippen molar-refractivity contribution in [3.05, 3.63) is 76.2 Å². The lowest BCUT2D eigenvalue weighted by Crippen LogP contribution is -2.45. The molecule has 210 valence electrons. The second-order valence-corrected chi connectivity index (χ2v) is 9.89. The molecule has 10 nitrogen and oxygen atoms in total. The van der Waals surface area contributed by atoms with Gasteiger partial charge in [0.05, 0.1) is 12.1 Å². The minimum Gasteiger partial charge on any atom is -0.490 e. The predicted octanol–water partition coefficient (Wildman–Crippen LogP) is 5.11. The number of anilines is 1. The fourth-order valence-corrected chi connectivity index (χ4v) is 5.02. The topological polar surface area (TPSA) is 99.0 Å². The van der Waals surface area contributed by atoms with Crippen LogP contribution < -0.4 is 14.4 Å². The van der Waals surface area contributed by atoms with Crippen LogP contribution in [0, 0.1) is 10.1 Å². The fourth-order valence-electron chi connectivity index (χ4n) is 5.02. The van der Waals surface area contributed by atoms with Crippen LogP contribution in [0.2, 0.25) is 0 Å². The number of furan rings is 1. The molecule has 2 aromatic heterocycles. The number of ether oxygens (including phenoxy) is 2. The fraction of sp³-hybridized carbons (Fsp3) is 0.370. The van der Waals surface area contributed by atoms with Crippen LogP contribution in [0.25, 0.3) is 11.0 Å². The molecule has 0 bridgehead atoms. The van der Waals surface area contributed by atoms with Gasteiger partial charge in [-0.1, -0.05) is 0 Å². The van der Waals surface area contributed by atoms with Gasteiger partial charge < -0.3 is 28.9 Å². The summed E-state index contributed by atoms with van der Waals surface area (Å²) in [6, 6.07) is 13.3. The van der Waals surface area contributed by atoms with E-state index in [4.69, 9.17) is 13.9 Å². The third-order valence-corrected chi connectivity index (χ3v) is 7.16. The highest BCUT2D eigenvalue weighted by molar-refractivity contribution is 5.78. The number of rotatable bonds is 7. The molecule has 1 atom stereocenters. The molecule has 0 spiro atoms. The number of halogens is 3. The summed E-state index contributed by atoms with van der Waals surface area (Å²) in [7, 11) is 0. The van der Waals surface area contributed by atoms with E-state index in [9.17, 15) is 23.3 Å². The number of fused-ring (bicyclic) bond motifs is 2. The molecule has 4 aromatic rings. The highest BCUT2D eigenvalue weighted by Crippen LogP contribution is 2.33. The Morgan fingerprint density at radius 1 is 1.05 bits per heavy atom. The Bertz CT molecular complexity index is 1510. The van der Waals surface area contributed by atoms with Gasteiger partial charge in [-0.25, -0.2) is 0 Å². The standard InChI is InChI=1S/C27H26F3N5O5/c28-27(29,30)19-1-6-24-18(13-19)14-23(39-24)15-32-9-11-33(12-10-32)20-2-4-21(5-3-20)38-17-22-7-8-34-16-25(35(36)37)31-26(34)40-22/h1-6,13-14,16,22H,7-12,15,17H2. The zero-order valence-corrected chi connectivity index (χ0v) is 21.3. The number of nitro groups is 1. The normalized spacial score (nSPS) is 18.0. The Hall–Kier alpha value is -4.26. The molecule has 0 N–H and O–H groups in total. The SMILES string of the molecule is O=[N+]([O-])c1cn2c(n1)OC(COc1ccc(N3CCN(Cc4cc5cc(C(F)(F)F)ccc5o4)CC3)cc1)CC2. The molecule has 2 aliphatic heterocycles. The highest BCUT2D eigenvalue weighted by Gasteiger charge is 2.31. The van der Waals surface area contributed by atoms with Crippen molar-refractivity contribution in [2.75, 3.05) is 37.7 Å². The number of hydrogen-bond acceptors (Lipinski definition) is 8. The van der Waals surface area contributed by atoms with Crippen molar-refractivity contribution >= 4 is 22.5 Å². The molecular weight excluding hydrogens is 531 g/mol. The van der Waals surface area contributed by atoms with Crippen molar-refractivity contribution in [3.8, 4) is 11.8 Å². The van der Waals surface area contributed by atoms with E-state index in [0.717, 1.165) is 44.0 Å². The van der Waals surface area contributed by atoms with Gasteiger partial charge in [0.2, 0.25) is 0 Å². The number of benzene rings is 2. The molecule has 6 rings (SSSR count). The average Bonchev–Trinajstić information content (AvgIpc) is 3.55. The summed E-state index contributed by atoms with van der Waals surface area (Å²) in [6.07, 6.45) is -2.60. The minimum atomic E-state index is -4.38. The first-order valence-electron chi connectivity index (χ1n) is 12.9. The van der Waals surface area contributed by atoms with Crippen LogP contribution in [-0.2, 0) is 19.3 Å². The van der Waals surface area contributed by atoms with E-state index < -0.39 is 16.7 Å². The molecule has 4 heterocycles. The molecule has 1 fully saturated rings. The van der Waals surface area contributed by atoms with Crippen molar-refractivity contribution < 1.29 is 32.0 Å². The number of aromatic nitrogens is 2. The van der Waals surface area contributed by atoms with Crippen LogP contribution in [0.1, 0.15) is 17.7 Å². The predicted molar refractivity (Wildman–Crippen MR) is 139 cm³/mol. The molecular formula is C27H26F3N5O5. The smallest absolute Gasteiger partial charge is 0.416 e. The lowest BCUT2D eigenvalue weighted by molar-refractivity contribution is -0.389. The van der Waals surface area contributed by atoms with Gasteiger partial charge in [0.15, 0.2) is 0 Å². The van der Waals surface area contributed by atoms with Crippen LogP contribution in [0.4, 0.5) is 24.7 Å². The lowest BCUT2D eigenvalue weighted by atomic mass is 10.1. The first-order valence-corrected chi connectivity index (χ1v) is 12.9. The maximum Gasteiger partial charge on any atom is 0.416 e. The molecule has 0 saturated carbocycles. The number of nitrogens with zero attached hydrogens (tertiary/aromatic N) is 5. The van der Waals surface area contributed by atoms with Crippen molar-refractivity contribution in [1.82, 2.24) is 14.5 Å². The molecule has 0 radical (unpaired) electrons. The third kappa shape index (κ3) is 5.55. The molecule has 0 aliphatic carbocycles. The third-order valence-electron chi connectivity index (χ3n) is 7.16. The minimum absolute atomic E-state index is 0.231. The first-order chi connectivity index (χ1) is 19.2. The van der Waals surface area contributed by atoms with Gasteiger partial charge in [0.1, 0.15) is 36.0 Å². The van der Waals surface area contributed by atoms with Crippen LogP contribution in [0.15, 0.2) is 59.1 Å². The summed E-state index contributed by atoms with van der Waals surface area (Å²) in [6.45, 7) is 4.59. The summed E-state index contributed by atoms with van der Waals surface area (Å²) >= 11 is 0. The van der Waals surface area contributed by atoms with E-state index in [1.807, 2.05) is 24.3 Å². The molecule has 2 aliphatic rings. The van der Waals surface area contributed by atoms with E-state index in [2.05, 4.69) is 14.8 Å². The largest absolute Gasteiger partial charge is 0.490 e. The maximum absolute atomic E-state index is 13.0. The summed E-state index contributed by atoms with van der Waals surface area (Å²) < 4.78 is 58.1. The Balaban J connectivity index is 0.981. The quantitative estimate of drug-likeness (QED) is 0.228. The Morgan fingerprint density at radius 3 is 2.55 bits per heavy atom. The van der Waals surface area contributed by atoms with Gasteiger partial charge in [-0.3, -0.25) is 9.47 Å². The lowest BCUT2D eigenvalue weighted by Gasteiger charge is -2.35. The maximum atomic E-state index is 13.0. The number of alkyl halides is 3. The first kappa shape index (κ1) is 26.0. The summed E-state index contributed by atoms with van der Waals surface area (Å²) in [5, 5.41) is 11.4. The summed E-state index contributed by atoms with van der Waals surface area (Å²) in [4.78, 5) is 18.8. The van der Waals surface area contributed by atoms with Gasteiger partial charge in [-0.15, -0.1) is 0 Å². The summed E-state index contributed by atoms with van der Waals surface area (Å²) in [5.41, 5.74) is 0.842. The molecule has 1 saturated heterocycles. The van der Waals surface area contributed by atoms with Crippen LogP contribution in [-0.4, -0.2) is 58.3 Å². The van der Waals surface area contributed by atoms with Crippen LogP contribution in [0.3, 0.4) is 0 Å².